The van der Waals surface area contributed by atoms with Crippen LogP contribution in [0.2, 0.25) is 0 Å². The van der Waals surface area contributed by atoms with Crippen molar-refractivity contribution in [3.63, 3.8) is 0 Å². The largest absolute Gasteiger partial charge is 0.268 e. The van der Waals surface area contributed by atoms with Gasteiger partial charge in [0.2, 0.25) is 0 Å². The predicted molar refractivity (Wildman–Crippen MR) is 144 cm³/mol. The van der Waals surface area contributed by atoms with Crippen molar-refractivity contribution < 1.29 is 12.4 Å². The van der Waals surface area contributed by atoms with E-state index in [0.717, 1.165) is 28.0 Å². The van der Waals surface area contributed by atoms with Crippen LogP contribution in [0.3, 0.4) is 0 Å². The Morgan fingerprint density at radius 1 is 0.618 bits per heavy atom. The van der Waals surface area contributed by atoms with Crippen LogP contribution >= 0.6 is 16.1 Å². The van der Waals surface area contributed by atoms with Crippen molar-refractivity contribution in [2.24, 2.45) is 0 Å². The van der Waals surface area contributed by atoms with Crippen molar-refractivity contribution in [1.29, 1.82) is 0 Å². The van der Waals surface area contributed by atoms with Gasteiger partial charge in [0.25, 0.3) is 10.1 Å². The monoisotopic (exact) mass is 502 g/mol. The van der Waals surface area contributed by atoms with Gasteiger partial charge >= 0.3 is 0 Å². The van der Waals surface area contributed by atoms with E-state index in [1.807, 2.05) is 97.1 Å². The third-order valence-electron chi connectivity index (χ3n) is 4.98. The molecule has 0 fully saturated rings. The highest BCUT2D eigenvalue weighted by molar-refractivity contribution is 7.91. The van der Waals surface area contributed by atoms with E-state index in [9.17, 15) is 8.42 Å². The molecule has 0 saturated heterocycles. The summed E-state index contributed by atoms with van der Waals surface area (Å²) >= 11 is 0. The summed E-state index contributed by atoms with van der Waals surface area (Å²) in [7, 11) is -6.45. The minimum Gasteiger partial charge on any atom is -0.233 e. The lowest BCUT2D eigenvalue weighted by atomic mass is 10.0. The zero-order valence-electron chi connectivity index (χ0n) is 18.7. The molecular formula is C28H24O3P2S. The van der Waals surface area contributed by atoms with Gasteiger partial charge in [0, 0.05) is 7.92 Å². The van der Waals surface area contributed by atoms with Crippen molar-refractivity contribution in [1.82, 2.24) is 0 Å². The minimum absolute atomic E-state index is 0.303. The first-order valence-electron chi connectivity index (χ1n) is 10.7. The zero-order valence-corrected chi connectivity index (χ0v) is 21.3. The molecule has 4 aromatic carbocycles. The Morgan fingerprint density at radius 3 is 1.38 bits per heavy atom. The van der Waals surface area contributed by atoms with Crippen LogP contribution < -0.4 is 10.6 Å². The smallest absolute Gasteiger partial charge is 0.233 e. The van der Waals surface area contributed by atoms with Crippen molar-refractivity contribution in [2.45, 2.75) is 5.66 Å². The molecule has 0 bridgehead atoms. The Morgan fingerprint density at radius 2 is 1.00 bits per heavy atom. The fraction of sp³-hybridized carbons (Fsp3) is 0.0714. The fourth-order valence-corrected chi connectivity index (χ4v) is 8.50. The van der Waals surface area contributed by atoms with Crippen molar-refractivity contribution in [2.75, 3.05) is 6.26 Å². The van der Waals surface area contributed by atoms with Gasteiger partial charge in [-0.25, -0.2) is 3.97 Å². The SMILES string of the molecule is CS(=O)(=O)OP(C#CP(c1ccccc1)c1ccccc1)C(c1ccccc1)c1ccccc1. The molecule has 4 aromatic rings. The van der Waals surface area contributed by atoms with Crippen LogP contribution in [0, 0.1) is 11.3 Å². The topological polar surface area (TPSA) is 43.4 Å². The van der Waals surface area contributed by atoms with Gasteiger partial charge in [-0.1, -0.05) is 127 Å². The Hall–Kier alpha value is -2.79. The average Bonchev–Trinajstić information content (AvgIpc) is 2.86. The first kappa shape index (κ1) is 24.3. The molecule has 0 aliphatic carbocycles. The molecule has 0 aliphatic heterocycles. The van der Waals surface area contributed by atoms with E-state index in [4.69, 9.17) is 3.97 Å². The minimum atomic E-state index is -3.73. The van der Waals surface area contributed by atoms with E-state index < -0.39 is 26.2 Å². The van der Waals surface area contributed by atoms with Crippen LogP contribution in [0.5, 0.6) is 0 Å². The first-order chi connectivity index (χ1) is 16.5. The quantitative estimate of drug-likeness (QED) is 0.223. The molecule has 1 unspecified atom stereocenters. The number of benzene rings is 4. The van der Waals surface area contributed by atoms with Crippen LogP contribution in [0.15, 0.2) is 121 Å². The normalized spacial score (nSPS) is 12.2. The lowest BCUT2D eigenvalue weighted by molar-refractivity contribution is 0.516. The Kier molecular flexibility index (Phi) is 8.28. The van der Waals surface area contributed by atoms with Gasteiger partial charge in [-0.05, 0) is 27.4 Å². The average molecular weight is 503 g/mol. The van der Waals surface area contributed by atoms with Gasteiger partial charge in [-0.3, -0.25) is 0 Å². The molecule has 0 aromatic heterocycles. The lowest BCUT2D eigenvalue weighted by Crippen LogP contribution is -2.10. The maximum absolute atomic E-state index is 12.3. The Labute approximate surface area is 204 Å². The first-order valence-corrected chi connectivity index (χ1v) is 15.2. The summed E-state index contributed by atoms with van der Waals surface area (Å²) in [6.07, 6.45) is 1.09. The van der Waals surface area contributed by atoms with Gasteiger partial charge in [0.1, 0.15) is 8.15 Å². The van der Waals surface area contributed by atoms with E-state index in [1.165, 1.54) is 0 Å². The summed E-state index contributed by atoms with van der Waals surface area (Å²) < 4.78 is 30.4. The molecule has 170 valence electrons. The van der Waals surface area contributed by atoms with Gasteiger partial charge in [-0.2, -0.15) is 8.42 Å². The van der Waals surface area contributed by atoms with Gasteiger partial charge in [0.15, 0.2) is 0 Å². The highest BCUT2D eigenvalue weighted by Gasteiger charge is 2.28. The molecular weight excluding hydrogens is 478 g/mol. The van der Waals surface area contributed by atoms with Gasteiger partial charge in [-0.15, -0.1) is 0 Å². The third kappa shape index (κ3) is 6.63. The summed E-state index contributed by atoms with van der Waals surface area (Å²) in [5.74, 6) is 0. The fourth-order valence-electron chi connectivity index (χ4n) is 3.54. The second kappa shape index (κ2) is 11.6. The predicted octanol–water partition coefficient (Wildman–Crippen LogP) is 6.20. The number of hydrogen-bond acceptors (Lipinski definition) is 3. The van der Waals surface area contributed by atoms with Crippen LogP contribution in [0.1, 0.15) is 16.8 Å². The maximum atomic E-state index is 12.3. The molecule has 0 saturated carbocycles. The van der Waals surface area contributed by atoms with E-state index >= 15 is 0 Å². The lowest BCUT2D eigenvalue weighted by Gasteiger charge is -2.23. The van der Waals surface area contributed by atoms with Crippen LogP contribution in [0.25, 0.3) is 0 Å². The van der Waals surface area contributed by atoms with Gasteiger partial charge in [0.05, 0.1) is 11.9 Å². The highest BCUT2D eigenvalue weighted by Crippen LogP contribution is 2.56. The van der Waals surface area contributed by atoms with E-state index in [0.29, 0.717) is 0 Å². The molecule has 1 atom stereocenters. The molecule has 0 amide bonds. The molecule has 3 nitrogen and oxygen atoms in total. The highest BCUT2D eigenvalue weighted by atomic mass is 32.2. The van der Waals surface area contributed by atoms with Crippen LogP contribution in [-0.4, -0.2) is 14.7 Å². The van der Waals surface area contributed by atoms with Crippen LogP contribution in [-0.2, 0) is 14.1 Å². The zero-order chi connectivity index (χ0) is 23.8. The van der Waals surface area contributed by atoms with Crippen molar-refractivity contribution >= 4 is 36.8 Å². The molecule has 0 radical (unpaired) electrons. The van der Waals surface area contributed by atoms with Crippen molar-refractivity contribution in [3.8, 4) is 11.3 Å². The number of hydrogen-bond donors (Lipinski definition) is 0. The van der Waals surface area contributed by atoms with E-state index in [1.54, 1.807) is 0 Å². The maximum Gasteiger partial charge on any atom is 0.268 e. The number of rotatable bonds is 7. The summed E-state index contributed by atoms with van der Waals surface area (Å²) in [5.41, 5.74) is 8.41. The Bertz CT molecular complexity index is 1270. The molecule has 0 spiro atoms. The summed E-state index contributed by atoms with van der Waals surface area (Å²) in [5, 5.41) is 2.22. The summed E-state index contributed by atoms with van der Waals surface area (Å²) in [6.45, 7) is 0. The molecule has 6 heteroatoms. The third-order valence-corrected chi connectivity index (χ3v) is 10.2. The van der Waals surface area contributed by atoms with Gasteiger partial charge < -0.3 is 0 Å². The molecule has 0 aliphatic rings. The Balaban J connectivity index is 1.84. The molecule has 4 rings (SSSR count). The van der Waals surface area contributed by atoms with Crippen LogP contribution in [0.4, 0.5) is 0 Å². The molecule has 0 heterocycles. The second-order valence-corrected chi connectivity index (χ2v) is 12.9. The molecule has 0 N–H and O–H groups in total. The standard InChI is InChI=1S/C28H24O3P2S/c1-34(29,30)31-33(28(24-14-6-2-7-15-24)25-16-8-3-9-17-25)23-22-32(26-18-10-4-11-19-26)27-20-12-5-13-21-27/h2-21,28H,1H3. The van der Waals surface area contributed by atoms with Crippen molar-refractivity contribution in [3.05, 3.63) is 132 Å². The molecule has 34 heavy (non-hydrogen) atoms. The second-order valence-electron chi connectivity index (χ2n) is 7.56. The summed E-state index contributed by atoms with van der Waals surface area (Å²) in [4.78, 5) is 0. The van der Waals surface area contributed by atoms with E-state index in [2.05, 4.69) is 35.6 Å². The summed E-state index contributed by atoms with van der Waals surface area (Å²) in [6, 6.07) is 39.9. The van der Waals surface area contributed by atoms with E-state index in [-0.39, 0.29) is 5.66 Å².